The van der Waals surface area contributed by atoms with Crippen molar-refractivity contribution in [2.75, 3.05) is 5.43 Å². The van der Waals surface area contributed by atoms with Crippen LogP contribution in [-0.4, -0.2) is 19.2 Å². The Hall–Kier alpha value is -3.10. The monoisotopic (exact) mass is 434 g/mol. The minimum absolute atomic E-state index is 0.0223. The zero-order valence-corrected chi connectivity index (χ0v) is 16.2. The van der Waals surface area contributed by atoms with Crippen LogP contribution in [-0.2, 0) is 9.84 Å². The lowest BCUT2D eigenvalue weighted by atomic mass is 10.1. The number of hydrogen-bond acceptors (Lipinski definition) is 5. The first-order valence-electron chi connectivity index (χ1n) is 8.18. The molecule has 0 heterocycles. The molecule has 5 nitrogen and oxygen atoms in total. The molecule has 0 aliphatic rings. The Labute approximate surface area is 170 Å². The topological polar surface area (TPSA) is 75.6 Å². The fourth-order valence-electron chi connectivity index (χ4n) is 2.36. The van der Waals surface area contributed by atoms with E-state index in [9.17, 15) is 22.0 Å². The molecule has 0 amide bonds. The maximum absolute atomic E-state index is 13.9. The largest absolute Gasteiger partial charge is 0.286 e. The fourth-order valence-corrected chi connectivity index (χ4v) is 3.75. The van der Waals surface area contributed by atoms with Crippen molar-refractivity contribution in [3.63, 3.8) is 0 Å². The van der Waals surface area contributed by atoms with E-state index in [0.29, 0.717) is 11.1 Å². The summed E-state index contributed by atoms with van der Waals surface area (Å²) in [6, 6.07) is 15.3. The minimum atomic E-state index is -4.34. The number of hydrazone groups is 1. The number of ketones is 1. The van der Waals surface area contributed by atoms with Crippen LogP contribution in [0, 0.1) is 11.6 Å². The molecule has 29 heavy (non-hydrogen) atoms. The van der Waals surface area contributed by atoms with Crippen LogP contribution in [0.1, 0.15) is 10.4 Å². The van der Waals surface area contributed by atoms with Crippen molar-refractivity contribution < 1.29 is 22.0 Å². The molecular weight excluding hydrogens is 422 g/mol. The third kappa shape index (κ3) is 4.67. The van der Waals surface area contributed by atoms with Crippen molar-refractivity contribution in [2.45, 2.75) is 4.90 Å². The van der Waals surface area contributed by atoms with E-state index in [1.165, 1.54) is 48.5 Å². The number of anilines is 1. The van der Waals surface area contributed by atoms with Gasteiger partial charge in [-0.1, -0.05) is 29.8 Å². The molecule has 148 valence electrons. The summed E-state index contributed by atoms with van der Waals surface area (Å²) in [5.41, 5.74) is 1.93. The van der Waals surface area contributed by atoms with E-state index in [1.807, 2.05) is 0 Å². The molecule has 0 radical (unpaired) electrons. The highest BCUT2D eigenvalue weighted by Crippen LogP contribution is 2.19. The summed E-state index contributed by atoms with van der Waals surface area (Å²) in [6.07, 6.45) is 0. The zero-order valence-electron chi connectivity index (χ0n) is 14.6. The highest BCUT2D eigenvalue weighted by Gasteiger charge is 2.30. The number of nitrogens with zero attached hydrogens (tertiary/aromatic N) is 1. The molecular formula is C20H13ClF2N2O3S. The second kappa shape index (κ2) is 8.50. The highest BCUT2D eigenvalue weighted by atomic mass is 35.5. The lowest BCUT2D eigenvalue weighted by Gasteiger charge is -2.09. The van der Waals surface area contributed by atoms with Crippen LogP contribution in [0.25, 0.3) is 0 Å². The number of halogens is 3. The number of carbonyl (C=O) groups is 1. The molecule has 0 aliphatic heterocycles. The summed E-state index contributed by atoms with van der Waals surface area (Å²) < 4.78 is 52.9. The van der Waals surface area contributed by atoms with Gasteiger partial charge in [-0.25, -0.2) is 17.2 Å². The maximum Gasteiger partial charge on any atom is 0.229 e. The Balaban J connectivity index is 2.08. The lowest BCUT2D eigenvalue weighted by Crippen LogP contribution is -2.26. The van der Waals surface area contributed by atoms with Crippen molar-refractivity contribution in [3.8, 4) is 0 Å². The number of sulfone groups is 1. The van der Waals surface area contributed by atoms with E-state index in [-0.39, 0.29) is 16.1 Å². The molecule has 0 aliphatic carbocycles. The molecule has 0 atom stereocenters. The molecule has 0 aromatic heterocycles. The van der Waals surface area contributed by atoms with Crippen molar-refractivity contribution >= 4 is 38.0 Å². The molecule has 0 spiro atoms. The molecule has 3 aromatic rings. The van der Waals surface area contributed by atoms with Gasteiger partial charge in [0.1, 0.15) is 5.82 Å². The first kappa shape index (κ1) is 20.6. The van der Waals surface area contributed by atoms with Crippen molar-refractivity contribution in [1.82, 2.24) is 0 Å². The van der Waals surface area contributed by atoms with E-state index in [1.54, 1.807) is 6.07 Å². The van der Waals surface area contributed by atoms with Gasteiger partial charge in [-0.05, 0) is 48.5 Å². The number of hydrogen-bond donors (Lipinski definition) is 1. The van der Waals surface area contributed by atoms with Gasteiger partial charge < -0.3 is 0 Å². The standard InChI is InChI=1S/C20H13ClF2N2O3S/c21-14-8-6-13(7-9-14)19(26)20(29(27,28)16-4-2-1-3-5-16)25-24-18-11-10-15(22)12-17(18)23/h1-12,24H/b25-20+. The Morgan fingerprint density at radius 2 is 1.59 bits per heavy atom. The van der Waals surface area contributed by atoms with Gasteiger partial charge in [-0.15, -0.1) is 0 Å². The second-order valence-electron chi connectivity index (χ2n) is 5.81. The molecule has 3 aromatic carbocycles. The van der Waals surface area contributed by atoms with E-state index in [4.69, 9.17) is 11.6 Å². The van der Waals surface area contributed by atoms with Crippen LogP contribution >= 0.6 is 11.6 Å². The van der Waals surface area contributed by atoms with Gasteiger partial charge in [0, 0.05) is 16.7 Å². The van der Waals surface area contributed by atoms with Crippen molar-refractivity contribution in [1.29, 1.82) is 0 Å². The summed E-state index contributed by atoms with van der Waals surface area (Å²) in [5.74, 6) is -2.73. The van der Waals surface area contributed by atoms with E-state index in [2.05, 4.69) is 10.5 Å². The average molecular weight is 435 g/mol. The smallest absolute Gasteiger partial charge is 0.229 e. The molecule has 1 N–H and O–H groups in total. The van der Waals surface area contributed by atoms with E-state index in [0.717, 1.165) is 12.1 Å². The predicted octanol–water partition coefficient (Wildman–Crippen LogP) is 4.70. The van der Waals surface area contributed by atoms with Gasteiger partial charge in [0.05, 0.1) is 10.6 Å². The van der Waals surface area contributed by atoms with Gasteiger partial charge >= 0.3 is 0 Å². The van der Waals surface area contributed by atoms with Gasteiger partial charge in [0.2, 0.25) is 20.7 Å². The first-order chi connectivity index (χ1) is 13.8. The Bertz CT molecular complexity index is 1180. The van der Waals surface area contributed by atoms with E-state index >= 15 is 0 Å². The van der Waals surface area contributed by atoms with Crippen LogP contribution in [0.15, 0.2) is 82.8 Å². The minimum Gasteiger partial charge on any atom is -0.286 e. The first-order valence-corrected chi connectivity index (χ1v) is 10.0. The number of rotatable bonds is 5. The molecule has 3 rings (SSSR count). The maximum atomic E-state index is 13.9. The van der Waals surface area contributed by atoms with E-state index < -0.39 is 32.3 Å². The Kier molecular flexibility index (Phi) is 6.05. The predicted molar refractivity (Wildman–Crippen MR) is 107 cm³/mol. The summed E-state index contributed by atoms with van der Waals surface area (Å²) in [4.78, 5) is 12.7. The Morgan fingerprint density at radius 3 is 2.21 bits per heavy atom. The van der Waals surface area contributed by atoms with Crippen LogP contribution in [0.4, 0.5) is 14.5 Å². The summed E-state index contributed by atoms with van der Waals surface area (Å²) in [7, 11) is -4.34. The van der Waals surface area contributed by atoms with Gasteiger partial charge in [-0.3, -0.25) is 10.2 Å². The molecule has 0 unspecified atom stereocenters. The quantitative estimate of drug-likeness (QED) is 0.273. The number of carbonyl (C=O) groups excluding carboxylic acids is 1. The van der Waals surface area contributed by atoms with Crippen molar-refractivity contribution in [2.24, 2.45) is 5.10 Å². The van der Waals surface area contributed by atoms with Crippen LogP contribution in [0.2, 0.25) is 5.02 Å². The lowest BCUT2D eigenvalue weighted by molar-refractivity contribution is 0.106. The molecule has 0 saturated carbocycles. The third-order valence-electron chi connectivity index (χ3n) is 3.82. The zero-order chi connectivity index (χ0) is 21.0. The third-order valence-corrected chi connectivity index (χ3v) is 5.75. The SMILES string of the molecule is O=C(/C(=N\Nc1ccc(F)cc1F)S(=O)(=O)c1ccccc1)c1ccc(Cl)cc1. The summed E-state index contributed by atoms with van der Waals surface area (Å²) >= 11 is 5.81. The summed E-state index contributed by atoms with van der Waals surface area (Å²) in [6.45, 7) is 0. The fraction of sp³-hybridized carbons (Fsp3) is 0. The average Bonchev–Trinajstić information content (AvgIpc) is 2.70. The van der Waals surface area contributed by atoms with Crippen LogP contribution < -0.4 is 5.43 Å². The second-order valence-corrected chi connectivity index (χ2v) is 8.11. The number of nitrogens with one attached hydrogen (secondary N) is 1. The van der Waals surface area contributed by atoms with Gasteiger partial charge in [-0.2, -0.15) is 5.10 Å². The highest BCUT2D eigenvalue weighted by molar-refractivity contribution is 8.08. The normalized spacial score (nSPS) is 11.9. The number of Topliss-reactive ketones (excluding diaryl/α,β-unsaturated/α-hetero) is 1. The molecule has 0 fully saturated rings. The molecule has 0 bridgehead atoms. The van der Waals surface area contributed by atoms with Gasteiger partial charge in [0.25, 0.3) is 0 Å². The van der Waals surface area contributed by atoms with Gasteiger partial charge in [0.15, 0.2) is 5.82 Å². The molecule has 9 heteroatoms. The van der Waals surface area contributed by atoms with Crippen molar-refractivity contribution in [3.05, 3.63) is 95.0 Å². The van der Waals surface area contributed by atoms with Crippen LogP contribution in [0.3, 0.4) is 0 Å². The Morgan fingerprint density at radius 1 is 0.931 bits per heavy atom. The summed E-state index contributed by atoms with van der Waals surface area (Å²) in [5, 5.41) is 3.17. The number of benzene rings is 3. The molecule has 0 saturated heterocycles. The van der Waals surface area contributed by atoms with Crippen LogP contribution in [0.5, 0.6) is 0 Å².